The molecule has 1 aromatic heterocycles. The molecule has 6 heteroatoms. The third kappa shape index (κ3) is 4.38. The van der Waals surface area contributed by atoms with Gasteiger partial charge in [-0.1, -0.05) is 0 Å². The molecule has 0 unspecified atom stereocenters. The molecule has 1 spiro atoms. The van der Waals surface area contributed by atoms with E-state index in [1.807, 2.05) is 18.7 Å². The van der Waals surface area contributed by atoms with Gasteiger partial charge in [0.25, 0.3) is 5.91 Å². The summed E-state index contributed by atoms with van der Waals surface area (Å²) in [4.78, 5) is 22.7. The Morgan fingerprint density at radius 2 is 1.89 bits per heavy atom. The number of amides is 1. The van der Waals surface area contributed by atoms with E-state index in [1.54, 1.807) is 0 Å². The van der Waals surface area contributed by atoms with Crippen LogP contribution >= 0.6 is 11.3 Å². The summed E-state index contributed by atoms with van der Waals surface area (Å²) in [5.74, 6) is 0.908. The summed E-state index contributed by atoms with van der Waals surface area (Å²) in [6.07, 6.45) is 8.50. The van der Waals surface area contributed by atoms with Crippen molar-refractivity contribution < 1.29 is 9.53 Å². The monoisotopic (exact) mass is 391 g/mol. The Morgan fingerprint density at radius 1 is 1.15 bits per heavy atom. The third-order valence-corrected chi connectivity index (χ3v) is 7.78. The number of hydrogen-bond donors (Lipinski definition) is 0. The van der Waals surface area contributed by atoms with Crippen LogP contribution in [0.3, 0.4) is 0 Å². The predicted octanol–water partition coefficient (Wildman–Crippen LogP) is 3.65. The first-order chi connectivity index (χ1) is 13.0. The number of carbonyl (C=O) groups is 1. The van der Waals surface area contributed by atoms with Crippen LogP contribution in [0.2, 0.25) is 0 Å². The van der Waals surface area contributed by atoms with Gasteiger partial charge >= 0.3 is 0 Å². The zero-order chi connectivity index (χ0) is 18.9. The molecule has 0 bridgehead atoms. The zero-order valence-corrected chi connectivity index (χ0v) is 17.7. The largest absolute Gasteiger partial charge is 0.375 e. The Bertz CT molecular complexity index is 650. The second kappa shape index (κ2) is 8.18. The summed E-state index contributed by atoms with van der Waals surface area (Å²) >= 11 is 1.53. The van der Waals surface area contributed by atoms with Gasteiger partial charge in [-0.25, -0.2) is 4.98 Å². The molecule has 27 heavy (non-hydrogen) atoms. The minimum atomic E-state index is 0.186. The predicted molar refractivity (Wildman–Crippen MR) is 108 cm³/mol. The summed E-state index contributed by atoms with van der Waals surface area (Å²) in [6.45, 7) is 10.2. The zero-order valence-electron chi connectivity index (χ0n) is 16.8. The van der Waals surface area contributed by atoms with Gasteiger partial charge in [-0.3, -0.25) is 4.79 Å². The Kier molecular flexibility index (Phi) is 5.86. The van der Waals surface area contributed by atoms with E-state index in [0.717, 1.165) is 54.0 Å². The van der Waals surface area contributed by atoms with Crippen molar-refractivity contribution in [3.8, 4) is 0 Å². The first-order valence-electron chi connectivity index (χ1n) is 10.6. The van der Waals surface area contributed by atoms with Gasteiger partial charge < -0.3 is 14.5 Å². The van der Waals surface area contributed by atoms with Crippen LogP contribution in [-0.2, 0) is 4.74 Å². The molecule has 0 N–H and O–H groups in total. The Morgan fingerprint density at radius 3 is 2.48 bits per heavy atom. The molecular weight excluding hydrogens is 358 g/mol. The summed E-state index contributed by atoms with van der Waals surface area (Å²) in [6, 6.07) is 0. The molecule has 1 amide bonds. The highest BCUT2D eigenvalue weighted by molar-refractivity contribution is 7.13. The van der Waals surface area contributed by atoms with Gasteiger partial charge in [0.2, 0.25) is 0 Å². The van der Waals surface area contributed by atoms with Crippen molar-refractivity contribution in [1.82, 2.24) is 14.8 Å². The first-order valence-corrected chi connectivity index (χ1v) is 11.5. The molecule has 3 fully saturated rings. The maximum absolute atomic E-state index is 12.8. The van der Waals surface area contributed by atoms with Crippen LogP contribution in [0.4, 0.5) is 0 Å². The number of ether oxygens (including phenoxy) is 1. The van der Waals surface area contributed by atoms with Crippen molar-refractivity contribution in [1.29, 1.82) is 0 Å². The quantitative estimate of drug-likeness (QED) is 0.789. The lowest BCUT2D eigenvalue weighted by molar-refractivity contribution is -0.112. The number of thiazole rings is 1. The van der Waals surface area contributed by atoms with Crippen LogP contribution in [0.25, 0.3) is 0 Å². The molecule has 3 saturated heterocycles. The van der Waals surface area contributed by atoms with E-state index >= 15 is 0 Å². The van der Waals surface area contributed by atoms with Gasteiger partial charge in [0.1, 0.15) is 4.88 Å². The second-order valence-corrected chi connectivity index (χ2v) is 9.88. The van der Waals surface area contributed by atoms with Gasteiger partial charge in [-0.2, -0.15) is 0 Å². The van der Waals surface area contributed by atoms with Gasteiger partial charge in [0.05, 0.1) is 16.3 Å². The maximum atomic E-state index is 12.8. The molecule has 4 heterocycles. The second-order valence-electron chi connectivity index (χ2n) is 8.67. The van der Waals surface area contributed by atoms with E-state index < -0.39 is 0 Å². The lowest BCUT2D eigenvalue weighted by atomic mass is 9.84. The highest BCUT2D eigenvalue weighted by Crippen LogP contribution is 2.35. The fourth-order valence-electron chi connectivity index (χ4n) is 5.00. The molecule has 1 aromatic rings. The number of piperidine rings is 2. The summed E-state index contributed by atoms with van der Waals surface area (Å²) < 4.78 is 6.16. The van der Waals surface area contributed by atoms with Crippen LogP contribution in [0.1, 0.15) is 65.3 Å². The SMILES string of the molecule is Cc1nc(C)c(C(=O)N2CCC(CN3CCC4(CCCCO4)CC3)CC2)s1. The normalized spacial score (nSPS) is 24.4. The number of likely N-dealkylation sites (tertiary alicyclic amines) is 2. The van der Waals surface area contributed by atoms with Gasteiger partial charge in [0, 0.05) is 39.3 Å². The van der Waals surface area contributed by atoms with Crippen LogP contribution in [-0.4, -0.2) is 65.6 Å². The van der Waals surface area contributed by atoms with Crippen LogP contribution in [0.5, 0.6) is 0 Å². The molecule has 150 valence electrons. The van der Waals surface area contributed by atoms with E-state index in [4.69, 9.17) is 4.74 Å². The molecule has 0 aromatic carbocycles. The van der Waals surface area contributed by atoms with Gasteiger partial charge in [-0.15, -0.1) is 11.3 Å². The van der Waals surface area contributed by atoms with E-state index in [9.17, 15) is 4.79 Å². The summed E-state index contributed by atoms with van der Waals surface area (Å²) in [5.41, 5.74) is 1.09. The molecule has 3 aliphatic rings. The van der Waals surface area contributed by atoms with Crippen molar-refractivity contribution in [2.24, 2.45) is 5.92 Å². The van der Waals surface area contributed by atoms with E-state index in [-0.39, 0.29) is 11.5 Å². The number of nitrogens with zero attached hydrogens (tertiary/aromatic N) is 3. The fourth-order valence-corrected chi connectivity index (χ4v) is 5.89. The highest BCUT2D eigenvalue weighted by Gasteiger charge is 2.37. The molecule has 0 saturated carbocycles. The Hall–Kier alpha value is -0.980. The molecule has 0 radical (unpaired) electrons. The van der Waals surface area contributed by atoms with Crippen LogP contribution in [0, 0.1) is 19.8 Å². The van der Waals surface area contributed by atoms with Crippen molar-refractivity contribution in [2.75, 3.05) is 39.3 Å². The Labute approximate surface area is 167 Å². The van der Waals surface area contributed by atoms with E-state index in [2.05, 4.69) is 9.88 Å². The Balaban J connectivity index is 1.23. The molecular formula is C21H33N3O2S. The number of aryl methyl sites for hydroxylation is 2. The highest BCUT2D eigenvalue weighted by atomic mass is 32.1. The first kappa shape index (κ1) is 19.3. The van der Waals surface area contributed by atoms with Crippen LogP contribution in [0.15, 0.2) is 0 Å². The topological polar surface area (TPSA) is 45.7 Å². The number of aromatic nitrogens is 1. The molecule has 4 rings (SSSR count). The summed E-state index contributed by atoms with van der Waals surface area (Å²) in [5, 5.41) is 0.982. The molecule has 0 atom stereocenters. The molecule has 5 nitrogen and oxygen atoms in total. The van der Waals surface area contributed by atoms with Crippen molar-refractivity contribution in [2.45, 2.75) is 64.4 Å². The third-order valence-electron chi connectivity index (χ3n) is 6.72. The standard InChI is InChI=1S/C21H33N3O2S/c1-16-19(27-17(2)22-16)20(25)24-10-5-18(6-11-24)15-23-12-8-21(9-13-23)7-3-4-14-26-21/h18H,3-15H2,1-2H3. The minimum Gasteiger partial charge on any atom is -0.375 e. The van der Waals surface area contributed by atoms with Crippen molar-refractivity contribution in [3.05, 3.63) is 15.6 Å². The van der Waals surface area contributed by atoms with Crippen molar-refractivity contribution >= 4 is 17.2 Å². The number of carbonyl (C=O) groups excluding carboxylic acids is 1. The van der Waals surface area contributed by atoms with E-state index in [1.165, 1.54) is 63.1 Å². The molecule has 0 aliphatic carbocycles. The van der Waals surface area contributed by atoms with Gasteiger partial charge in [0.15, 0.2) is 0 Å². The smallest absolute Gasteiger partial charge is 0.265 e. The number of hydrogen-bond acceptors (Lipinski definition) is 5. The summed E-state index contributed by atoms with van der Waals surface area (Å²) in [7, 11) is 0. The minimum absolute atomic E-state index is 0.186. The number of rotatable bonds is 3. The lowest BCUT2D eigenvalue weighted by Gasteiger charge is -2.45. The lowest BCUT2D eigenvalue weighted by Crippen LogP contribution is -2.49. The van der Waals surface area contributed by atoms with Crippen LogP contribution < -0.4 is 0 Å². The molecule has 3 aliphatic heterocycles. The fraction of sp³-hybridized carbons (Fsp3) is 0.810. The van der Waals surface area contributed by atoms with E-state index in [0.29, 0.717) is 0 Å². The van der Waals surface area contributed by atoms with Crippen molar-refractivity contribution in [3.63, 3.8) is 0 Å². The average Bonchev–Trinajstić information content (AvgIpc) is 3.03. The maximum Gasteiger partial charge on any atom is 0.265 e. The van der Waals surface area contributed by atoms with Gasteiger partial charge in [-0.05, 0) is 64.7 Å². The average molecular weight is 392 g/mol.